The van der Waals surface area contributed by atoms with Crippen molar-refractivity contribution >= 4 is 11.9 Å². The Hall–Kier alpha value is -3.40. The Morgan fingerprint density at radius 2 is 1.07 bits per heavy atom. The fourth-order valence-corrected chi connectivity index (χ4v) is 3.13. The van der Waals surface area contributed by atoms with Crippen LogP contribution in [0, 0.1) is 5.92 Å². The van der Waals surface area contributed by atoms with Crippen LogP contribution in [0.25, 0.3) is 0 Å². The van der Waals surface area contributed by atoms with Gasteiger partial charge in [-0.3, -0.25) is 9.59 Å². The average molecular weight is 374 g/mol. The summed E-state index contributed by atoms with van der Waals surface area (Å²) in [5.74, 6) is -1.88. The summed E-state index contributed by atoms with van der Waals surface area (Å²) in [5.41, 5.74) is 0.894. The van der Waals surface area contributed by atoms with E-state index in [1.807, 2.05) is 49.4 Å². The summed E-state index contributed by atoms with van der Waals surface area (Å²) in [6.07, 6.45) is 0.586. The lowest BCUT2D eigenvalue weighted by Gasteiger charge is -2.23. The van der Waals surface area contributed by atoms with Crippen molar-refractivity contribution in [2.24, 2.45) is 5.92 Å². The van der Waals surface area contributed by atoms with E-state index in [-0.39, 0.29) is 5.92 Å². The molecule has 0 bridgehead atoms. The number of carbonyl (C=O) groups excluding carboxylic acids is 2. The second kappa shape index (κ2) is 9.51. The number of rotatable bonds is 7. The average Bonchev–Trinajstić information content (AvgIpc) is 2.73. The van der Waals surface area contributed by atoms with Crippen LogP contribution in [-0.4, -0.2) is 11.9 Å². The molecule has 0 radical (unpaired) electrons. The fraction of sp³-hybridized carbons (Fsp3) is 0.167. The van der Waals surface area contributed by atoms with Gasteiger partial charge in [0.05, 0.1) is 0 Å². The molecule has 0 N–H and O–H groups in total. The molecule has 0 aliphatic carbocycles. The van der Waals surface area contributed by atoms with Crippen LogP contribution in [-0.2, 0) is 9.59 Å². The van der Waals surface area contributed by atoms with Gasteiger partial charge in [0.25, 0.3) is 0 Å². The van der Waals surface area contributed by atoms with Crippen LogP contribution in [0.15, 0.2) is 91.0 Å². The third-order valence-electron chi connectivity index (χ3n) is 4.50. The van der Waals surface area contributed by atoms with Gasteiger partial charge in [0.2, 0.25) is 0 Å². The molecule has 0 aliphatic rings. The minimum absolute atomic E-state index is 0.353. The molecule has 0 aliphatic heterocycles. The van der Waals surface area contributed by atoms with E-state index in [1.54, 1.807) is 48.5 Å². The van der Waals surface area contributed by atoms with Gasteiger partial charge in [-0.15, -0.1) is 0 Å². The van der Waals surface area contributed by atoms with Gasteiger partial charge in [-0.25, -0.2) is 0 Å². The van der Waals surface area contributed by atoms with E-state index >= 15 is 0 Å². The summed E-state index contributed by atoms with van der Waals surface area (Å²) in [7, 11) is 0. The second-order valence-electron chi connectivity index (χ2n) is 6.37. The normalized spacial score (nSPS) is 11.6. The lowest BCUT2D eigenvalue weighted by molar-refractivity contribution is -0.152. The molecule has 3 aromatic carbocycles. The molecule has 4 nitrogen and oxygen atoms in total. The molecule has 142 valence electrons. The van der Waals surface area contributed by atoms with E-state index in [9.17, 15) is 9.59 Å². The Kier molecular flexibility index (Phi) is 6.58. The highest BCUT2D eigenvalue weighted by atomic mass is 16.6. The molecule has 28 heavy (non-hydrogen) atoms. The summed E-state index contributed by atoms with van der Waals surface area (Å²) >= 11 is 0. The number of esters is 2. The Balaban J connectivity index is 1.90. The van der Waals surface area contributed by atoms with Crippen molar-refractivity contribution < 1.29 is 19.1 Å². The topological polar surface area (TPSA) is 52.6 Å². The molecule has 0 aromatic heterocycles. The van der Waals surface area contributed by atoms with Crippen LogP contribution in [0.3, 0.4) is 0 Å². The zero-order valence-electron chi connectivity index (χ0n) is 15.7. The molecule has 3 aromatic rings. The molecule has 0 fully saturated rings. The van der Waals surface area contributed by atoms with Crippen molar-refractivity contribution in [2.75, 3.05) is 0 Å². The van der Waals surface area contributed by atoms with Gasteiger partial charge in [-0.1, -0.05) is 73.7 Å². The molecular formula is C24H22O4. The van der Waals surface area contributed by atoms with Crippen LogP contribution in [0.4, 0.5) is 0 Å². The summed E-state index contributed by atoms with van der Waals surface area (Å²) in [4.78, 5) is 26.0. The minimum atomic E-state index is -1.08. The first-order valence-corrected chi connectivity index (χ1v) is 9.27. The van der Waals surface area contributed by atoms with Crippen molar-refractivity contribution in [3.05, 3.63) is 96.6 Å². The van der Waals surface area contributed by atoms with E-state index in [0.29, 0.717) is 17.9 Å². The monoisotopic (exact) mass is 374 g/mol. The zero-order chi connectivity index (χ0) is 19.8. The Bertz CT molecular complexity index is 838. The van der Waals surface area contributed by atoms with Gasteiger partial charge in [0, 0.05) is 5.92 Å². The Labute approximate surface area is 164 Å². The van der Waals surface area contributed by atoms with E-state index < -0.39 is 17.9 Å². The number of hydrogen-bond acceptors (Lipinski definition) is 4. The molecule has 1 atom stereocenters. The highest BCUT2D eigenvalue weighted by Gasteiger charge is 2.38. The third kappa shape index (κ3) is 4.86. The van der Waals surface area contributed by atoms with Gasteiger partial charge in [0.1, 0.15) is 11.5 Å². The number of carbonyl (C=O) groups is 2. The summed E-state index contributed by atoms with van der Waals surface area (Å²) < 4.78 is 11.0. The van der Waals surface area contributed by atoms with Crippen LogP contribution < -0.4 is 9.47 Å². The van der Waals surface area contributed by atoms with Gasteiger partial charge >= 0.3 is 11.9 Å². The molecule has 0 saturated carbocycles. The first-order valence-electron chi connectivity index (χ1n) is 9.27. The maximum Gasteiger partial charge on any atom is 0.326 e. The zero-order valence-corrected chi connectivity index (χ0v) is 15.7. The Morgan fingerprint density at radius 1 is 0.679 bits per heavy atom. The van der Waals surface area contributed by atoms with Crippen molar-refractivity contribution in [2.45, 2.75) is 19.3 Å². The van der Waals surface area contributed by atoms with Crippen molar-refractivity contribution in [3.63, 3.8) is 0 Å². The first kappa shape index (κ1) is 19.4. The standard InChI is InChI=1S/C24H22O4/c1-2-21(18-12-6-3-7-13-18)22(23(25)27-19-14-8-4-9-15-19)24(26)28-20-16-10-5-11-17-20/h3-17,21-22H,2H2,1H3. The molecule has 0 amide bonds. The lowest BCUT2D eigenvalue weighted by atomic mass is 9.84. The summed E-state index contributed by atoms with van der Waals surface area (Å²) in [6.45, 7) is 1.94. The van der Waals surface area contributed by atoms with E-state index in [2.05, 4.69) is 0 Å². The van der Waals surface area contributed by atoms with Gasteiger partial charge in [-0.05, 0) is 36.2 Å². The number of para-hydroxylation sites is 2. The molecule has 4 heteroatoms. The van der Waals surface area contributed by atoms with Gasteiger partial charge in [-0.2, -0.15) is 0 Å². The minimum Gasteiger partial charge on any atom is -0.426 e. The highest BCUT2D eigenvalue weighted by molar-refractivity contribution is 5.97. The van der Waals surface area contributed by atoms with E-state index in [0.717, 1.165) is 5.56 Å². The third-order valence-corrected chi connectivity index (χ3v) is 4.50. The maximum atomic E-state index is 13.0. The summed E-state index contributed by atoms with van der Waals surface area (Å²) in [6, 6.07) is 27.0. The fourth-order valence-electron chi connectivity index (χ4n) is 3.13. The second-order valence-corrected chi connectivity index (χ2v) is 6.37. The lowest BCUT2D eigenvalue weighted by Crippen LogP contribution is -2.36. The molecule has 0 saturated heterocycles. The van der Waals surface area contributed by atoms with E-state index in [4.69, 9.17) is 9.47 Å². The molecule has 1 unspecified atom stereocenters. The van der Waals surface area contributed by atoms with Crippen molar-refractivity contribution in [3.8, 4) is 11.5 Å². The van der Waals surface area contributed by atoms with Crippen molar-refractivity contribution in [1.29, 1.82) is 0 Å². The first-order chi connectivity index (χ1) is 13.7. The number of ether oxygens (including phenoxy) is 2. The van der Waals surface area contributed by atoms with Crippen LogP contribution >= 0.6 is 0 Å². The maximum absolute atomic E-state index is 13.0. The van der Waals surface area contributed by atoms with Crippen LogP contribution in [0.5, 0.6) is 11.5 Å². The summed E-state index contributed by atoms with van der Waals surface area (Å²) in [5, 5.41) is 0. The molecular weight excluding hydrogens is 352 g/mol. The molecule has 0 spiro atoms. The van der Waals surface area contributed by atoms with Crippen LogP contribution in [0.2, 0.25) is 0 Å². The molecule has 3 rings (SSSR count). The Morgan fingerprint density at radius 3 is 1.46 bits per heavy atom. The smallest absolute Gasteiger partial charge is 0.326 e. The predicted molar refractivity (Wildman–Crippen MR) is 107 cm³/mol. The number of hydrogen-bond donors (Lipinski definition) is 0. The largest absolute Gasteiger partial charge is 0.426 e. The SMILES string of the molecule is CCC(c1ccccc1)C(C(=O)Oc1ccccc1)C(=O)Oc1ccccc1. The van der Waals surface area contributed by atoms with Gasteiger partial charge in [0.15, 0.2) is 5.92 Å². The highest BCUT2D eigenvalue weighted by Crippen LogP contribution is 2.31. The molecule has 0 heterocycles. The van der Waals surface area contributed by atoms with Crippen LogP contribution in [0.1, 0.15) is 24.8 Å². The van der Waals surface area contributed by atoms with Gasteiger partial charge < -0.3 is 9.47 Å². The predicted octanol–water partition coefficient (Wildman–Crippen LogP) is 5.01. The number of benzene rings is 3. The quantitative estimate of drug-likeness (QED) is 0.331. The van der Waals surface area contributed by atoms with E-state index in [1.165, 1.54) is 0 Å². The van der Waals surface area contributed by atoms with Crippen molar-refractivity contribution in [1.82, 2.24) is 0 Å².